The van der Waals surface area contributed by atoms with Crippen LogP contribution in [-0.2, 0) is 10.0 Å². The highest BCUT2D eigenvalue weighted by Crippen LogP contribution is 2.26. The zero-order valence-electron chi connectivity index (χ0n) is 16.6. The molecule has 0 radical (unpaired) electrons. The molecule has 0 bridgehead atoms. The van der Waals surface area contributed by atoms with Gasteiger partial charge in [0.05, 0.1) is 10.9 Å². The van der Waals surface area contributed by atoms with Crippen LogP contribution in [0.4, 0.5) is 0 Å². The summed E-state index contributed by atoms with van der Waals surface area (Å²) in [6.07, 6.45) is 1.05. The van der Waals surface area contributed by atoms with Gasteiger partial charge in [0.2, 0.25) is 10.0 Å². The zero-order valence-corrected chi connectivity index (χ0v) is 17.4. The van der Waals surface area contributed by atoms with Gasteiger partial charge in [-0.15, -0.1) is 0 Å². The molecule has 1 aliphatic heterocycles. The molecule has 28 heavy (non-hydrogen) atoms. The quantitative estimate of drug-likeness (QED) is 0.829. The van der Waals surface area contributed by atoms with Crippen molar-refractivity contribution in [1.82, 2.24) is 9.62 Å². The zero-order chi connectivity index (χ0) is 20.3. The Morgan fingerprint density at radius 2 is 1.57 bits per heavy atom. The van der Waals surface area contributed by atoms with Crippen LogP contribution in [0.1, 0.15) is 49.2 Å². The first kappa shape index (κ1) is 20.6. The highest BCUT2D eigenvalue weighted by Gasteiger charge is 2.31. The van der Waals surface area contributed by atoms with Crippen LogP contribution in [0.3, 0.4) is 0 Å². The Bertz CT molecular complexity index is 901. The second-order valence-corrected chi connectivity index (χ2v) is 9.84. The van der Waals surface area contributed by atoms with Crippen molar-refractivity contribution in [2.45, 2.75) is 38.1 Å². The van der Waals surface area contributed by atoms with E-state index in [2.05, 4.69) is 19.2 Å². The number of rotatable bonds is 5. The molecule has 150 valence electrons. The molecule has 3 atom stereocenters. The molecule has 1 fully saturated rings. The summed E-state index contributed by atoms with van der Waals surface area (Å²) in [5.41, 5.74) is 1.46. The number of hydrogen-bond acceptors (Lipinski definition) is 3. The molecular formula is C22H28N2O3S. The Morgan fingerprint density at radius 1 is 1.00 bits per heavy atom. The molecule has 1 heterocycles. The number of piperidine rings is 1. The van der Waals surface area contributed by atoms with Crippen LogP contribution in [0, 0.1) is 11.8 Å². The third-order valence-corrected chi connectivity index (χ3v) is 7.08. The van der Waals surface area contributed by atoms with Gasteiger partial charge in [0, 0.05) is 18.7 Å². The summed E-state index contributed by atoms with van der Waals surface area (Å²) in [7, 11) is -3.53. The van der Waals surface area contributed by atoms with Crippen LogP contribution in [0.25, 0.3) is 0 Å². The molecule has 0 spiro atoms. The van der Waals surface area contributed by atoms with Crippen LogP contribution in [0.2, 0.25) is 0 Å². The Morgan fingerprint density at radius 3 is 2.14 bits per heavy atom. The van der Waals surface area contributed by atoms with Gasteiger partial charge in [0.25, 0.3) is 5.91 Å². The van der Waals surface area contributed by atoms with E-state index in [-0.39, 0.29) is 16.8 Å². The normalized spacial score (nSPS) is 21.8. The highest BCUT2D eigenvalue weighted by molar-refractivity contribution is 7.89. The lowest BCUT2D eigenvalue weighted by Gasteiger charge is -2.34. The third kappa shape index (κ3) is 4.62. The Balaban J connectivity index is 1.71. The average Bonchev–Trinajstić information content (AvgIpc) is 2.68. The number of nitrogens with one attached hydrogen (secondary N) is 1. The summed E-state index contributed by atoms with van der Waals surface area (Å²) in [4.78, 5) is 12.7. The van der Waals surface area contributed by atoms with Crippen molar-refractivity contribution in [3.05, 3.63) is 65.7 Å². The predicted octanol–water partition coefficient (Wildman–Crippen LogP) is 3.84. The van der Waals surface area contributed by atoms with Gasteiger partial charge in [0.15, 0.2) is 0 Å². The number of carbonyl (C=O) groups excluding carboxylic acids is 1. The molecule has 0 unspecified atom stereocenters. The minimum absolute atomic E-state index is 0.131. The van der Waals surface area contributed by atoms with E-state index in [4.69, 9.17) is 0 Å². The van der Waals surface area contributed by atoms with Crippen LogP contribution in [0.5, 0.6) is 0 Å². The molecule has 6 heteroatoms. The molecule has 0 aliphatic carbocycles. The van der Waals surface area contributed by atoms with Gasteiger partial charge in [-0.25, -0.2) is 8.42 Å². The lowest BCUT2D eigenvalue weighted by Crippen LogP contribution is -2.42. The van der Waals surface area contributed by atoms with Gasteiger partial charge in [-0.2, -0.15) is 4.31 Å². The highest BCUT2D eigenvalue weighted by atomic mass is 32.2. The first-order valence-corrected chi connectivity index (χ1v) is 11.2. The van der Waals surface area contributed by atoms with E-state index >= 15 is 0 Å². The summed E-state index contributed by atoms with van der Waals surface area (Å²) in [5.74, 6) is 0.478. The predicted molar refractivity (Wildman–Crippen MR) is 110 cm³/mol. The lowest BCUT2D eigenvalue weighted by molar-refractivity contribution is 0.0940. The van der Waals surface area contributed by atoms with Crippen molar-refractivity contribution < 1.29 is 13.2 Å². The molecule has 1 saturated heterocycles. The summed E-state index contributed by atoms with van der Waals surface area (Å²) >= 11 is 0. The summed E-state index contributed by atoms with van der Waals surface area (Å²) in [6.45, 7) is 7.18. The number of benzene rings is 2. The van der Waals surface area contributed by atoms with Crippen molar-refractivity contribution in [2.75, 3.05) is 13.1 Å². The van der Waals surface area contributed by atoms with E-state index in [1.54, 1.807) is 16.4 Å². The topological polar surface area (TPSA) is 66.5 Å². The van der Waals surface area contributed by atoms with Crippen LogP contribution < -0.4 is 5.32 Å². The van der Waals surface area contributed by atoms with E-state index in [0.29, 0.717) is 30.5 Å². The van der Waals surface area contributed by atoms with Gasteiger partial charge < -0.3 is 5.32 Å². The van der Waals surface area contributed by atoms with Crippen molar-refractivity contribution in [3.8, 4) is 0 Å². The van der Waals surface area contributed by atoms with Gasteiger partial charge in [-0.05, 0) is 55.0 Å². The summed E-state index contributed by atoms with van der Waals surface area (Å²) in [6, 6.07) is 15.8. The molecule has 2 aromatic carbocycles. The maximum Gasteiger partial charge on any atom is 0.251 e. The molecule has 0 saturated carbocycles. The van der Waals surface area contributed by atoms with E-state index < -0.39 is 10.0 Å². The maximum absolute atomic E-state index is 12.9. The van der Waals surface area contributed by atoms with Crippen LogP contribution in [-0.4, -0.2) is 31.7 Å². The van der Waals surface area contributed by atoms with E-state index in [1.807, 2.05) is 37.3 Å². The smallest absolute Gasteiger partial charge is 0.251 e. The minimum Gasteiger partial charge on any atom is -0.346 e. The second-order valence-electron chi connectivity index (χ2n) is 7.90. The molecule has 0 aromatic heterocycles. The SMILES string of the molecule is C[C@@H]1C[C@@H](C)CN(S(=O)(=O)c2ccc(C(=O)N[C@@H](C)c3ccccc3)cc2)C1. The standard InChI is InChI=1S/C22H28N2O3S/c1-16-13-17(2)15-24(14-16)28(26,27)21-11-9-20(10-12-21)22(25)23-18(3)19-7-5-4-6-8-19/h4-12,16-18H,13-15H2,1-3H3,(H,23,25)/t16-,17-,18+/m1/s1. The Hall–Kier alpha value is -2.18. The van der Waals surface area contributed by atoms with Crippen molar-refractivity contribution >= 4 is 15.9 Å². The van der Waals surface area contributed by atoms with Crippen molar-refractivity contribution in [2.24, 2.45) is 11.8 Å². The Kier molecular flexibility index (Phi) is 6.20. The fourth-order valence-electron chi connectivity index (χ4n) is 3.83. The minimum atomic E-state index is -3.53. The van der Waals surface area contributed by atoms with Gasteiger partial charge in [-0.1, -0.05) is 44.2 Å². The van der Waals surface area contributed by atoms with E-state index in [0.717, 1.165) is 12.0 Å². The fraction of sp³-hybridized carbons (Fsp3) is 0.409. The van der Waals surface area contributed by atoms with Gasteiger partial charge in [0.1, 0.15) is 0 Å². The largest absolute Gasteiger partial charge is 0.346 e. The molecular weight excluding hydrogens is 372 g/mol. The first-order chi connectivity index (χ1) is 13.3. The number of carbonyl (C=O) groups is 1. The first-order valence-electron chi connectivity index (χ1n) is 9.73. The van der Waals surface area contributed by atoms with Crippen LogP contribution in [0.15, 0.2) is 59.5 Å². The second kappa shape index (κ2) is 8.45. The molecule has 3 rings (SSSR count). The summed E-state index contributed by atoms with van der Waals surface area (Å²) < 4.78 is 27.5. The van der Waals surface area contributed by atoms with Gasteiger partial charge >= 0.3 is 0 Å². The monoisotopic (exact) mass is 400 g/mol. The van der Waals surface area contributed by atoms with E-state index in [9.17, 15) is 13.2 Å². The number of nitrogens with zero attached hydrogens (tertiary/aromatic N) is 1. The van der Waals surface area contributed by atoms with Crippen LogP contribution >= 0.6 is 0 Å². The number of sulfonamides is 1. The number of hydrogen-bond donors (Lipinski definition) is 1. The number of amides is 1. The lowest BCUT2D eigenvalue weighted by atomic mass is 9.94. The Labute approximate surface area is 167 Å². The average molecular weight is 401 g/mol. The fourth-order valence-corrected chi connectivity index (χ4v) is 5.51. The third-order valence-electron chi connectivity index (χ3n) is 5.24. The maximum atomic E-state index is 12.9. The summed E-state index contributed by atoms with van der Waals surface area (Å²) in [5, 5.41) is 2.95. The molecule has 1 amide bonds. The molecule has 2 aromatic rings. The van der Waals surface area contributed by atoms with Gasteiger partial charge in [-0.3, -0.25) is 4.79 Å². The molecule has 5 nitrogen and oxygen atoms in total. The molecule has 1 N–H and O–H groups in total. The molecule has 1 aliphatic rings. The van der Waals surface area contributed by atoms with E-state index in [1.165, 1.54) is 12.1 Å². The van der Waals surface area contributed by atoms with Crippen molar-refractivity contribution in [1.29, 1.82) is 0 Å². The van der Waals surface area contributed by atoms with Crippen molar-refractivity contribution in [3.63, 3.8) is 0 Å².